The molecular weight excluding hydrogens is 180 g/mol. The summed E-state index contributed by atoms with van der Waals surface area (Å²) in [4.78, 5) is 9.88. The van der Waals surface area contributed by atoms with E-state index in [9.17, 15) is 4.79 Å². The Kier molecular flexibility index (Phi) is 6.09. The van der Waals surface area contributed by atoms with Crippen molar-refractivity contribution in [2.45, 2.75) is 18.8 Å². The van der Waals surface area contributed by atoms with Crippen LogP contribution in [0.3, 0.4) is 0 Å². The van der Waals surface area contributed by atoms with Crippen molar-refractivity contribution in [3.8, 4) is 0 Å². The Balaban J connectivity index is 3.77. The van der Waals surface area contributed by atoms with E-state index in [-0.39, 0.29) is 0 Å². The van der Waals surface area contributed by atoms with E-state index in [0.29, 0.717) is 6.61 Å². The molecule has 0 bridgehead atoms. The highest BCUT2D eigenvalue weighted by molar-refractivity contribution is 8.01. The second-order valence-corrected chi connectivity index (χ2v) is 4.09. The van der Waals surface area contributed by atoms with Gasteiger partial charge in [0.05, 0.1) is 0 Å². The summed E-state index contributed by atoms with van der Waals surface area (Å²) in [6.07, 6.45) is 0.838. The van der Waals surface area contributed by atoms with E-state index >= 15 is 0 Å². The van der Waals surface area contributed by atoms with E-state index in [1.54, 1.807) is 6.92 Å². The number of carbonyl (C=O) groups is 1. The molecule has 0 aliphatic carbocycles. The third-order valence-corrected chi connectivity index (χ3v) is 2.85. The summed E-state index contributed by atoms with van der Waals surface area (Å²) in [5, 5.41) is 0. The average Bonchev–Trinajstić information content (AvgIpc) is 2.02. The minimum absolute atomic E-state index is 0.564. The maximum Gasteiger partial charge on any atom is 0.166 e. The maximum atomic E-state index is 10.6. The first kappa shape index (κ1) is 11.3. The molecular formula is C7H14O2S2. The Morgan fingerprint density at radius 3 is 2.73 bits per heavy atom. The van der Waals surface area contributed by atoms with Crippen LogP contribution >= 0.6 is 24.4 Å². The van der Waals surface area contributed by atoms with Gasteiger partial charge in [-0.2, -0.15) is 12.6 Å². The summed E-state index contributed by atoms with van der Waals surface area (Å²) in [5.41, 5.74) is 0. The van der Waals surface area contributed by atoms with Crippen LogP contribution in [-0.2, 0) is 9.53 Å². The first-order valence-electron chi connectivity index (χ1n) is 3.53. The Morgan fingerprint density at radius 1 is 1.73 bits per heavy atom. The molecule has 0 saturated carbocycles. The van der Waals surface area contributed by atoms with Crippen LogP contribution in [0.4, 0.5) is 0 Å². The van der Waals surface area contributed by atoms with Gasteiger partial charge >= 0.3 is 0 Å². The Bertz CT molecular complexity index is 119. The van der Waals surface area contributed by atoms with E-state index in [1.807, 2.05) is 6.92 Å². The number of hydrogen-bond acceptors (Lipinski definition) is 4. The van der Waals surface area contributed by atoms with Gasteiger partial charge in [-0.05, 0) is 19.6 Å². The van der Waals surface area contributed by atoms with Crippen molar-refractivity contribution in [2.75, 3.05) is 18.1 Å². The minimum atomic E-state index is -0.669. The van der Waals surface area contributed by atoms with Crippen LogP contribution < -0.4 is 0 Å². The normalized spacial score (nSPS) is 15.9. The van der Waals surface area contributed by atoms with Crippen LogP contribution in [0.25, 0.3) is 0 Å². The molecule has 0 aromatic heterocycles. The van der Waals surface area contributed by atoms with Gasteiger partial charge in [-0.1, -0.05) is 0 Å². The van der Waals surface area contributed by atoms with Gasteiger partial charge < -0.3 is 4.74 Å². The largest absolute Gasteiger partial charge is 0.358 e. The summed E-state index contributed by atoms with van der Waals surface area (Å²) in [6, 6.07) is 0. The molecule has 0 amide bonds. The summed E-state index contributed by atoms with van der Waals surface area (Å²) >= 11 is 5.53. The van der Waals surface area contributed by atoms with Crippen molar-refractivity contribution in [3.05, 3.63) is 0 Å². The predicted octanol–water partition coefficient (Wildman–Crippen LogP) is 1.60. The van der Waals surface area contributed by atoms with Gasteiger partial charge in [-0.15, -0.1) is 11.8 Å². The maximum absolute atomic E-state index is 10.6. The van der Waals surface area contributed by atoms with Gasteiger partial charge in [0, 0.05) is 12.4 Å². The third kappa shape index (κ3) is 4.71. The van der Waals surface area contributed by atoms with Crippen LogP contribution in [0.1, 0.15) is 13.8 Å². The number of ether oxygens (including phenoxy) is 1. The molecule has 11 heavy (non-hydrogen) atoms. The lowest BCUT2D eigenvalue weighted by molar-refractivity contribution is -0.119. The Hall–Kier alpha value is 0.330. The highest BCUT2D eigenvalue weighted by atomic mass is 32.2. The third-order valence-electron chi connectivity index (χ3n) is 1.12. The molecule has 0 radical (unpaired) electrons. The van der Waals surface area contributed by atoms with E-state index in [1.165, 1.54) is 11.8 Å². The highest BCUT2D eigenvalue weighted by Crippen LogP contribution is 2.23. The zero-order chi connectivity index (χ0) is 8.74. The zero-order valence-electron chi connectivity index (χ0n) is 6.87. The quantitative estimate of drug-likeness (QED) is 0.395. The fourth-order valence-corrected chi connectivity index (χ4v) is 1.68. The fourth-order valence-electron chi connectivity index (χ4n) is 0.645. The standard InChI is InChI=1S/C7H14O2S2/c1-3-9-7(2,6-8)11-5-4-10/h6,10H,3-5H2,1-2H3. The lowest BCUT2D eigenvalue weighted by Gasteiger charge is -2.21. The first-order chi connectivity index (χ1) is 5.18. The van der Waals surface area contributed by atoms with E-state index in [4.69, 9.17) is 4.74 Å². The highest BCUT2D eigenvalue weighted by Gasteiger charge is 2.23. The molecule has 0 aliphatic heterocycles. The molecule has 4 heteroatoms. The van der Waals surface area contributed by atoms with Crippen LogP contribution in [0.5, 0.6) is 0 Å². The molecule has 1 atom stereocenters. The number of aldehydes is 1. The number of rotatable bonds is 6. The van der Waals surface area contributed by atoms with E-state index in [0.717, 1.165) is 17.8 Å². The smallest absolute Gasteiger partial charge is 0.166 e. The van der Waals surface area contributed by atoms with E-state index < -0.39 is 4.93 Å². The predicted molar refractivity (Wildman–Crippen MR) is 52.4 cm³/mol. The molecule has 66 valence electrons. The molecule has 0 aromatic rings. The first-order valence-corrected chi connectivity index (χ1v) is 5.15. The molecule has 0 spiro atoms. The van der Waals surface area contributed by atoms with Gasteiger partial charge in [0.15, 0.2) is 11.2 Å². The van der Waals surface area contributed by atoms with Crippen LogP contribution in [-0.4, -0.2) is 29.3 Å². The fraction of sp³-hybridized carbons (Fsp3) is 0.857. The van der Waals surface area contributed by atoms with Crippen molar-refractivity contribution < 1.29 is 9.53 Å². The van der Waals surface area contributed by atoms with E-state index in [2.05, 4.69) is 12.6 Å². The molecule has 0 saturated heterocycles. The number of hydrogen-bond donors (Lipinski definition) is 1. The van der Waals surface area contributed by atoms with Crippen LogP contribution in [0.15, 0.2) is 0 Å². The lowest BCUT2D eigenvalue weighted by atomic mass is 10.4. The van der Waals surface area contributed by atoms with Gasteiger partial charge in [0.1, 0.15) is 0 Å². The Morgan fingerprint density at radius 2 is 2.36 bits per heavy atom. The summed E-state index contributed by atoms with van der Waals surface area (Å²) < 4.78 is 5.24. The zero-order valence-corrected chi connectivity index (χ0v) is 8.58. The van der Waals surface area contributed by atoms with Crippen molar-refractivity contribution in [3.63, 3.8) is 0 Å². The summed E-state index contributed by atoms with van der Waals surface area (Å²) in [6.45, 7) is 4.22. The summed E-state index contributed by atoms with van der Waals surface area (Å²) in [5.74, 6) is 1.60. The minimum Gasteiger partial charge on any atom is -0.358 e. The molecule has 0 rings (SSSR count). The van der Waals surface area contributed by atoms with Crippen LogP contribution in [0.2, 0.25) is 0 Å². The second-order valence-electron chi connectivity index (χ2n) is 2.14. The van der Waals surface area contributed by atoms with Gasteiger partial charge in [0.25, 0.3) is 0 Å². The average molecular weight is 194 g/mol. The SMILES string of the molecule is CCOC(C)(C=O)SCCS. The lowest BCUT2D eigenvalue weighted by Crippen LogP contribution is -2.26. The molecule has 0 aliphatic rings. The van der Waals surface area contributed by atoms with Gasteiger partial charge in [-0.3, -0.25) is 4.79 Å². The van der Waals surface area contributed by atoms with Crippen molar-refractivity contribution in [2.24, 2.45) is 0 Å². The molecule has 0 fully saturated rings. The summed E-state index contributed by atoms with van der Waals surface area (Å²) in [7, 11) is 0. The van der Waals surface area contributed by atoms with Crippen LogP contribution in [0, 0.1) is 0 Å². The molecule has 0 heterocycles. The molecule has 0 aromatic carbocycles. The monoisotopic (exact) mass is 194 g/mol. The number of thiol groups is 1. The molecule has 2 nitrogen and oxygen atoms in total. The van der Waals surface area contributed by atoms with Crippen molar-refractivity contribution in [1.29, 1.82) is 0 Å². The van der Waals surface area contributed by atoms with Crippen molar-refractivity contribution >= 4 is 30.7 Å². The number of carbonyl (C=O) groups excluding carboxylic acids is 1. The van der Waals surface area contributed by atoms with Gasteiger partial charge in [0.2, 0.25) is 0 Å². The van der Waals surface area contributed by atoms with Crippen molar-refractivity contribution in [1.82, 2.24) is 0 Å². The Labute approximate surface area is 77.5 Å². The van der Waals surface area contributed by atoms with Gasteiger partial charge in [-0.25, -0.2) is 0 Å². The number of thioether (sulfide) groups is 1. The molecule has 1 unspecified atom stereocenters. The molecule has 0 N–H and O–H groups in total. The second kappa shape index (κ2) is 5.91. The topological polar surface area (TPSA) is 26.3 Å².